The van der Waals surface area contributed by atoms with Gasteiger partial charge in [0.2, 0.25) is 23.6 Å². The lowest BCUT2D eigenvalue weighted by atomic mass is 9.73. The third kappa shape index (κ3) is 5.67. The summed E-state index contributed by atoms with van der Waals surface area (Å²) < 4.78 is 34.1. The number of fused-ring (bicyclic) bond motifs is 1. The molecule has 4 aromatic rings. The number of hydrogen-bond acceptors (Lipinski definition) is 10. The molecule has 7 heterocycles. The van der Waals surface area contributed by atoms with E-state index in [4.69, 9.17) is 30.8 Å². The maximum atomic E-state index is 16.5. The highest BCUT2D eigenvalue weighted by atomic mass is 35.5. The first kappa shape index (κ1) is 34.0. The Balaban J connectivity index is 0.956. The second kappa shape index (κ2) is 12.6. The molecular weight excluding hydrogens is 701 g/mol. The van der Waals surface area contributed by atoms with Gasteiger partial charge in [-0.3, -0.25) is 24.4 Å². The Morgan fingerprint density at radius 3 is 2.38 bits per heavy atom. The number of rotatable bonds is 8. The fourth-order valence-corrected chi connectivity index (χ4v) is 9.14. The second-order valence-corrected chi connectivity index (χ2v) is 15.4. The summed E-state index contributed by atoms with van der Waals surface area (Å²) in [4.78, 5) is 44.1. The van der Waals surface area contributed by atoms with Gasteiger partial charge >= 0.3 is 0 Å². The molecule has 2 aromatic carbocycles. The van der Waals surface area contributed by atoms with E-state index in [-0.39, 0.29) is 34.4 Å². The predicted octanol–water partition coefficient (Wildman–Crippen LogP) is 4.74. The van der Waals surface area contributed by atoms with Crippen LogP contribution in [0.25, 0.3) is 33.6 Å². The molecule has 0 aliphatic carbocycles. The van der Waals surface area contributed by atoms with Crippen molar-refractivity contribution in [3.05, 3.63) is 70.8 Å². The number of aromatic nitrogens is 3. The van der Waals surface area contributed by atoms with E-state index in [2.05, 4.69) is 25.1 Å². The zero-order valence-electron chi connectivity index (χ0n) is 29.7. The molecule has 4 saturated heterocycles. The molecule has 0 saturated carbocycles. The van der Waals surface area contributed by atoms with E-state index < -0.39 is 5.82 Å². The normalized spacial score (nSPS) is 21.0. The predicted molar refractivity (Wildman–Crippen MR) is 194 cm³/mol. The highest BCUT2D eigenvalue weighted by Crippen LogP contribution is 2.48. The number of methoxy groups -OCH3 is 2. The number of ether oxygens (including phenoxy) is 3. The maximum absolute atomic E-state index is 16.5. The molecule has 2 spiro atoms. The van der Waals surface area contributed by atoms with E-state index in [1.807, 2.05) is 23.1 Å². The van der Waals surface area contributed by atoms with Gasteiger partial charge in [0.25, 0.3) is 0 Å². The number of nitrogens with zero attached hydrogens (tertiary/aromatic N) is 6. The molecule has 2 aromatic heterocycles. The first-order chi connectivity index (χ1) is 25.6. The van der Waals surface area contributed by atoms with Gasteiger partial charge in [-0.05, 0) is 12.5 Å². The van der Waals surface area contributed by atoms with Crippen LogP contribution >= 0.6 is 11.6 Å². The van der Waals surface area contributed by atoms with Crippen LogP contribution in [0.2, 0.25) is 5.02 Å². The SMILES string of the molecule is COc1nc(-c2cccc(-c3cccc(-c4cc5c(c(OC)n4)C(N4CC6(CCC(=O)N6)C4)CO5)c3Cl)c2F)cnc1CN1CC2(C1)CN(C(C)=O)C2. The van der Waals surface area contributed by atoms with E-state index in [1.165, 1.54) is 7.11 Å². The number of pyridine rings is 1. The molecule has 2 amide bonds. The van der Waals surface area contributed by atoms with Gasteiger partial charge in [0, 0.05) is 92.9 Å². The molecule has 5 aliphatic rings. The Morgan fingerprint density at radius 1 is 0.981 bits per heavy atom. The van der Waals surface area contributed by atoms with Crippen molar-refractivity contribution in [3.63, 3.8) is 0 Å². The largest absolute Gasteiger partial charge is 0.491 e. The molecule has 9 rings (SSSR count). The molecule has 5 aliphatic heterocycles. The molecule has 14 heteroatoms. The van der Waals surface area contributed by atoms with Crippen LogP contribution in [0.1, 0.15) is 37.1 Å². The van der Waals surface area contributed by atoms with Gasteiger partial charge in [-0.1, -0.05) is 41.9 Å². The van der Waals surface area contributed by atoms with Crippen LogP contribution in [0.4, 0.5) is 4.39 Å². The van der Waals surface area contributed by atoms with Crippen LogP contribution in [0.3, 0.4) is 0 Å². The van der Waals surface area contributed by atoms with Gasteiger partial charge in [-0.25, -0.2) is 14.4 Å². The molecule has 274 valence electrons. The smallest absolute Gasteiger partial charge is 0.237 e. The molecule has 1 unspecified atom stereocenters. The van der Waals surface area contributed by atoms with Crippen LogP contribution in [-0.2, 0) is 16.1 Å². The Kier molecular flexibility index (Phi) is 8.09. The van der Waals surface area contributed by atoms with Crippen molar-refractivity contribution in [3.8, 4) is 51.2 Å². The van der Waals surface area contributed by atoms with Crippen LogP contribution < -0.4 is 19.5 Å². The lowest BCUT2D eigenvalue weighted by molar-refractivity contribution is -0.157. The second-order valence-electron chi connectivity index (χ2n) is 15.1. The molecule has 53 heavy (non-hydrogen) atoms. The minimum absolute atomic E-state index is 0.0469. The topological polar surface area (TPSA) is 122 Å². The number of benzene rings is 2. The highest BCUT2D eigenvalue weighted by Gasteiger charge is 2.53. The number of carbonyl (C=O) groups excluding carboxylic acids is 2. The van der Waals surface area contributed by atoms with Gasteiger partial charge < -0.3 is 24.4 Å². The minimum Gasteiger partial charge on any atom is -0.491 e. The van der Waals surface area contributed by atoms with Gasteiger partial charge in [0.05, 0.1) is 54.0 Å². The minimum atomic E-state index is -0.489. The van der Waals surface area contributed by atoms with Crippen molar-refractivity contribution in [2.45, 2.75) is 37.9 Å². The summed E-state index contributed by atoms with van der Waals surface area (Å²) in [6.07, 6.45) is 2.98. The summed E-state index contributed by atoms with van der Waals surface area (Å²) >= 11 is 7.08. The number of carbonyl (C=O) groups is 2. The Bertz CT molecular complexity index is 2160. The molecule has 12 nitrogen and oxygen atoms in total. The zero-order valence-corrected chi connectivity index (χ0v) is 30.5. The number of hydrogen-bond donors (Lipinski definition) is 1. The summed E-state index contributed by atoms with van der Waals surface area (Å²) in [7, 11) is 3.12. The number of nitrogens with one attached hydrogen (secondary N) is 1. The van der Waals surface area contributed by atoms with Gasteiger partial charge in [0.1, 0.15) is 23.9 Å². The van der Waals surface area contributed by atoms with Crippen molar-refractivity contribution in [1.82, 2.24) is 35.0 Å². The molecule has 0 radical (unpaired) electrons. The van der Waals surface area contributed by atoms with Gasteiger partial charge in [0.15, 0.2) is 0 Å². The lowest BCUT2D eigenvalue weighted by Crippen LogP contribution is -2.72. The maximum Gasteiger partial charge on any atom is 0.237 e. The fraction of sp³-hybridized carbons (Fsp3) is 0.410. The lowest BCUT2D eigenvalue weighted by Gasteiger charge is -2.60. The summed E-state index contributed by atoms with van der Waals surface area (Å²) in [5, 5.41) is 3.47. The van der Waals surface area contributed by atoms with Crippen molar-refractivity contribution in [2.75, 3.05) is 60.1 Å². The molecule has 4 fully saturated rings. The first-order valence-electron chi connectivity index (χ1n) is 17.8. The van der Waals surface area contributed by atoms with Crippen molar-refractivity contribution in [1.29, 1.82) is 0 Å². The van der Waals surface area contributed by atoms with Crippen molar-refractivity contribution < 1.29 is 28.2 Å². The zero-order chi connectivity index (χ0) is 36.6. The van der Waals surface area contributed by atoms with E-state index >= 15 is 4.39 Å². The van der Waals surface area contributed by atoms with E-state index in [9.17, 15) is 9.59 Å². The van der Waals surface area contributed by atoms with Gasteiger partial charge in [-0.2, -0.15) is 0 Å². The Labute approximate surface area is 311 Å². The summed E-state index contributed by atoms with van der Waals surface area (Å²) in [5.41, 5.74) is 4.12. The standard InChI is InChI=1S/C39H39ClFN7O5/c1-22(49)47-18-38(19-47)16-46(17-38)14-29-36(51-2)44-28(13-42-29)26-9-5-7-24(35(26)41)23-6-4-8-25(34(23)40)27-12-31-33(37(43-27)52-3)30(15-53-31)48-20-39(21-48)11-10-32(50)45-39/h4-9,12-13,30H,10-11,14-21H2,1-3H3,(H,45,50). The van der Waals surface area contributed by atoms with E-state index in [0.717, 1.165) is 51.3 Å². The average molecular weight is 740 g/mol. The van der Waals surface area contributed by atoms with Gasteiger partial charge in [-0.15, -0.1) is 0 Å². The number of halogens is 2. The molecular formula is C39H39ClFN7O5. The van der Waals surface area contributed by atoms with E-state index in [0.29, 0.717) is 75.9 Å². The van der Waals surface area contributed by atoms with Crippen LogP contribution in [0.5, 0.6) is 17.5 Å². The number of amides is 2. The fourth-order valence-electron chi connectivity index (χ4n) is 8.82. The highest BCUT2D eigenvalue weighted by molar-refractivity contribution is 6.36. The van der Waals surface area contributed by atoms with Crippen LogP contribution in [0.15, 0.2) is 48.7 Å². The average Bonchev–Trinajstić information content (AvgIpc) is 3.71. The third-order valence-electron chi connectivity index (χ3n) is 11.4. The van der Waals surface area contributed by atoms with Crippen LogP contribution in [0, 0.1) is 11.2 Å². The number of likely N-dealkylation sites (tertiary alicyclic amines) is 3. The quantitative estimate of drug-likeness (QED) is 0.271. The monoisotopic (exact) mass is 739 g/mol. The molecule has 1 atom stereocenters. The summed E-state index contributed by atoms with van der Waals surface area (Å²) in [6.45, 7) is 7.44. The molecule has 1 N–H and O–H groups in total. The first-order valence-corrected chi connectivity index (χ1v) is 18.2. The Hall–Kier alpha value is -4.85. The van der Waals surface area contributed by atoms with Crippen molar-refractivity contribution in [2.24, 2.45) is 5.41 Å². The van der Waals surface area contributed by atoms with Crippen LogP contribution in [-0.4, -0.2) is 107 Å². The van der Waals surface area contributed by atoms with Crippen molar-refractivity contribution >= 4 is 23.4 Å². The van der Waals surface area contributed by atoms with E-state index in [1.54, 1.807) is 44.5 Å². The molecule has 0 bridgehead atoms. The summed E-state index contributed by atoms with van der Waals surface area (Å²) in [6, 6.07) is 12.4. The summed E-state index contributed by atoms with van der Waals surface area (Å²) in [5.74, 6) is 1.18. The third-order valence-corrected chi connectivity index (χ3v) is 11.8. The Morgan fingerprint density at radius 2 is 1.68 bits per heavy atom.